The van der Waals surface area contributed by atoms with Gasteiger partial charge in [-0.15, -0.1) is 0 Å². The van der Waals surface area contributed by atoms with Crippen LogP contribution in [0.2, 0.25) is 0 Å². The number of rotatable bonds is 1. The first kappa shape index (κ1) is 8.49. The highest BCUT2D eigenvalue weighted by Crippen LogP contribution is 2.32. The van der Waals surface area contributed by atoms with Crippen molar-refractivity contribution in [3.63, 3.8) is 0 Å². The SMILES string of the molecule is [CH]1[CH][CH][C](c2ccc3c(c2)COC3)[CH]1. The van der Waals surface area contributed by atoms with Gasteiger partial charge in [0.15, 0.2) is 0 Å². The van der Waals surface area contributed by atoms with Crippen molar-refractivity contribution in [1.82, 2.24) is 0 Å². The molecule has 0 spiro atoms. The molecule has 1 fully saturated rings. The average molecular weight is 183 g/mol. The van der Waals surface area contributed by atoms with E-state index >= 15 is 0 Å². The summed E-state index contributed by atoms with van der Waals surface area (Å²) in [5.41, 5.74) is 3.96. The van der Waals surface area contributed by atoms with Crippen molar-refractivity contribution in [3.05, 3.63) is 66.5 Å². The van der Waals surface area contributed by atoms with Gasteiger partial charge < -0.3 is 4.74 Å². The van der Waals surface area contributed by atoms with Gasteiger partial charge in [0.2, 0.25) is 0 Å². The van der Waals surface area contributed by atoms with Crippen molar-refractivity contribution in [2.45, 2.75) is 13.2 Å². The van der Waals surface area contributed by atoms with E-state index < -0.39 is 0 Å². The molecule has 1 nitrogen and oxygen atoms in total. The van der Waals surface area contributed by atoms with Gasteiger partial charge in [0.1, 0.15) is 0 Å². The van der Waals surface area contributed by atoms with Crippen LogP contribution in [0.5, 0.6) is 0 Å². The number of benzene rings is 1. The summed E-state index contributed by atoms with van der Waals surface area (Å²) >= 11 is 0. The minimum atomic E-state index is 0.768. The second-order valence-corrected chi connectivity index (χ2v) is 3.65. The molecule has 1 heterocycles. The lowest BCUT2D eigenvalue weighted by Gasteiger charge is -2.09. The third kappa shape index (κ3) is 1.36. The van der Waals surface area contributed by atoms with E-state index in [0.29, 0.717) is 0 Å². The smallest absolute Gasteiger partial charge is 0.0725 e. The summed E-state index contributed by atoms with van der Waals surface area (Å²) in [5.74, 6) is 1.29. The molecule has 1 aliphatic carbocycles. The second kappa shape index (κ2) is 3.39. The molecule has 0 N–H and O–H groups in total. The van der Waals surface area contributed by atoms with E-state index in [9.17, 15) is 0 Å². The summed E-state index contributed by atoms with van der Waals surface area (Å²) in [6, 6.07) is 6.57. The lowest BCUT2D eigenvalue weighted by molar-refractivity contribution is 0.134. The van der Waals surface area contributed by atoms with Crippen LogP contribution in [-0.2, 0) is 18.0 Å². The number of ether oxygens (including phenoxy) is 1. The molecule has 3 rings (SSSR count). The first-order valence-electron chi connectivity index (χ1n) is 4.85. The average Bonchev–Trinajstić information content (AvgIpc) is 2.88. The minimum Gasteiger partial charge on any atom is -0.372 e. The van der Waals surface area contributed by atoms with Crippen molar-refractivity contribution < 1.29 is 4.74 Å². The largest absolute Gasteiger partial charge is 0.372 e. The molecular formula is C13H11O. The fourth-order valence-electron chi connectivity index (χ4n) is 1.92. The summed E-state index contributed by atoms with van der Waals surface area (Å²) in [7, 11) is 0. The fraction of sp³-hybridized carbons (Fsp3) is 0.154. The number of hydrogen-bond acceptors (Lipinski definition) is 1. The molecule has 0 atom stereocenters. The standard InChI is InChI=1S/C13H11O/c1-2-4-10(3-1)11-5-6-12-8-14-9-13(12)7-11/h1-7H,8-9H2. The monoisotopic (exact) mass is 183 g/mol. The topological polar surface area (TPSA) is 9.23 Å². The normalized spacial score (nSPS) is 21.4. The van der Waals surface area contributed by atoms with Crippen molar-refractivity contribution in [2.24, 2.45) is 0 Å². The fourth-order valence-corrected chi connectivity index (χ4v) is 1.92. The molecule has 5 radical (unpaired) electrons. The lowest BCUT2D eigenvalue weighted by atomic mass is 9.94. The summed E-state index contributed by atoms with van der Waals surface area (Å²) in [6.45, 7) is 1.54. The molecule has 69 valence electrons. The Kier molecular flexibility index (Phi) is 2.06. The van der Waals surface area contributed by atoms with Crippen LogP contribution in [0.3, 0.4) is 0 Å². The molecule has 0 amide bonds. The molecule has 1 aromatic rings. The second-order valence-electron chi connectivity index (χ2n) is 3.65. The number of hydrogen-bond donors (Lipinski definition) is 0. The highest BCUT2D eigenvalue weighted by atomic mass is 16.5. The van der Waals surface area contributed by atoms with Crippen LogP contribution in [0.1, 0.15) is 16.7 Å². The van der Waals surface area contributed by atoms with Crippen LogP contribution in [0.4, 0.5) is 0 Å². The van der Waals surface area contributed by atoms with E-state index in [2.05, 4.69) is 43.9 Å². The zero-order valence-electron chi connectivity index (χ0n) is 7.86. The zero-order valence-corrected chi connectivity index (χ0v) is 7.86. The van der Waals surface area contributed by atoms with Crippen molar-refractivity contribution in [3.8, 4) is 0 Å². The first-order chi connectivity index (χ1) is 6.93. The highest BCUT2D eigenvalue weighted by molar-refractivity contribution is 5.51. The Labute approximate surface area is 85.1 Å². The van der Waals surface area contributed by atoms with Crippen LogP contribution in [0, 0.1) is 31.6 Å². The predicted molar refractivity (Wildman–Crippen MR) is 54.5 cm³/mol. The van der Waals surface area contributed by atoms with E-state index in [1.807, 2.05) is 0 Å². The molecule has 1 saturated carbocycles. The van der Waals surface area contributed by atoms with Crippen LogP contribution in [0.15, 0.2) is 18.2 Å². The molecule has 2 aliphatic rings. The van der Waals surface area contributed by atoms with Gasteiger partial charge in [-0.05, 0) is 42.4 Å². The summed E-state index contributed by atoms with van der Waals surface area (Å²) in [4.78, 5) is 0. The molecule has 1 aliphatic heterocycles. The molecule has 1 aromatic carbocycles. The van der Waals surface area contributed by atoms with Crippen LogP contribution in [-0.4, -0.2) is 0 Å². The maximum atomic E-state index is 5.39. The van der Waals surface area contributed by atoms with Crippen LogP contribution < -0.4 is 0 Å². The Morgan fingerprint density at radius 3 is 2.57 bits per heavy atom. The summed E-state index contributed by atoms with van der Waals surface area (Å²) in [6.07, 6.45) is 8.41. The van der Waals surface area contributed by atoms with E-state index in [-0.39, 0.29) is 0 Å². The zero-order chi connectivity index (χ0) is 9.38. The molecule has 0 saturated heterocycles. The Bertz CT molecular complexity index is 337. The molecule has 14 heavy (non-hydrogen) atoms. The molecule has 0 bridgehead atoms. The van der Waals surface area contributed by atoms with Gasteiger partial charge in [-0.3, -0.25) is 0 Å². The van der Waals surface area contributed by atoms with Crippen LogP contribution >= 0.6 is 0 Å². The van der Waals surface area contributed by atoms with Crippen molar-refractivity contribution in [1.29, 1.82) is 0 Å². The Morgan fingerprint density at radius 2 is 1.71 bits per heavy atom. The van der Waals surface area contributed by atoms with Gasteiger partial charge in [0.05, 0.1) is 13.2 Å². The summed E-state index contributed by atoms with van der Waals surface area (Å²) in [5, 5.41) is 0. The van der Waals surface area contributed by atoms with Crippen molar-refractivity contribution >= 4 is 0 Å². The van der Waals surface area contributed by atoms with E-state index in [1.165, 1.54) is 22.6 Å². The number of fused-ring (bicyclic) bond motifs is 1. The lowest BCUT2D eigenvalue weighted by Crippen LogP contribution is -1.96. The quantitative estimate of drug-likeness (QED) is 0.650. The molecule has 0 aromatic heterocycles. The third-order valence-electron chi connectivity index (χ3n) is 2.72. The van der Waals surface area contributed by atoms with Gasteiger partial charge in [-0.25, -0.2) is 0 Å². The van der Waals surface area contributed by atoms with E-state index in [0.717, 1.165) is 13.2 Å². The van der Waals surface area contributed by atoms with Gasteiger partial charge in [0, 0.05) is 5.92 Å². The van der Waals surface area contributed by atoms with Gasteiger partial charge >= 0.3 is 0 Å². The van der Waals surface area contributed by atoms with E-state index in [1.54, 1.807) is 0 Å². The highest BCUT2D eigenvalue weighted by Gasteiger charge is 2.20. The molecular weight excluding hydrogens is 172 g/mol. The van der Waals surface area contributed by atoms with Gasteiger partial charge in [0.25, 0.3) is 0 Å². The maximum absolute atomic E-state index is 5.39. The van der Waals surface area contributed by atoms with E-state index in [4.69, 9.17) is 4.74 Å². The maximum Gasteiger partial charge on any atom is 0.0725 e. The Morgan fingerprint density at radius 1 is 0.929 bits per heavy atom. The van der Waals surface area contributed by atoms with Crippen LogP contribution in [0.25, 0.3) is 0 Å². The minimum absolute atomic E-state index is 0.768. The molecule has 1 heteroatoms. The predicted octanol–water partition coefficient (Wildman–Crippen LogP) is 2.47. The van der Waals surface area contributed by atoms with Gasteiger partial charge in [-0.1, -0.05) is 18.2 Å². The summed E-state index contributed by atoms with van der Waals surface area (Å²) < 4.78 is 5.39. The third-order valence-corrected chi connectivity index (χ3v) is 2.72. The Hall–Kier alpha value is -0.820. The first-order valence-corrected chi connectivity index (χ1v) is 4.85. The van der Waals surface area contributed by atoms with Crippen molar-refractivity contribution in [2.75, 3.05) is 0 Å². The Balaban J connectivity index is 1.91. The molecule has 0 unspecified atom stereocenters. The van der Waals surface area contributed by atoms with Gasteiger partial charge in [-0.2, -0.15) is 0 Å².